The third kappa shape index (κ3) is 6.55. The van der Waals surface area contributed by atoms with Gasteiger partial charge in [0.15, 0.2) is 0 Å². The topological polar surface area (TPSA) is 129 Å². The van der Waals surface area contributed by atoms with Crippen LogP contribution in [-0.2, 0) is 26.0 Å². The van der Waals surface area contributed by atoms with Gasteiger partial charge in [-0.2, -0.15) is 5.10 Å². The highest BCUT2D eigenvalue weighted by Crippen LogP contribution is 2.45. The molecule has 0 radical (unpaired) electrons. The van der Waals surface area contributed by atoms with Gasteiger partial charge in [-0.1, -0.05) is 23.7 Å². The van der Waals surface area contributed by atoms with E-state index in [1.54, 1.807) is 35.6 Å². The molecule has 0 aliphatic heterocycles. The molecule has 0 bridgehead atoms. The minimum absolute atomic E-state index is 0.0386. The second kappa shape index (κ2) is 13.6. The molecule has 0 spiro atoms. The van der Waals surface area contributed by atoms with Crippen LogP contribution < -0.4 is 10.1 Å². The monoisotopic (exact) mass is 638 g/mol. The highest BCUT2D eigenvalue weighted by molar-refractivity contribution is 7.22. The lowest BCUT2D eigenvalue weighted by atomic mass is 9.95. The van der Waals surface area contributed by atoms with Crippen LogP contribution in [0.25, 0.3) is 20.7 Å². The number of aliphatic hydroxyl groups excluding tert-OH is 3. The first-order valence-corrected chi connectivity index (χ1v) is 15.5. The SMILES string of the molecule is OCCN(CCO)C[C@@H](O)Cn1ncc2c1CCc1c-2sc2ncnc(Nc3ccc(OCc4cccc(F)c4)c(Cl)c3)c12. The van der Waals surface area contributed by atoms with Crippen LogP contribution in [-0.4, -0.2) is 78.9 Å². The van der Waals surface area contributed by atoms with Crippen molar-refractivity contribution in [2.75, 3.05) is 38.2 Å². The number of nitrogens with one attached hydrogen (secondary N) is 1. The van der Waals surface area contributed by atoms with Gasteiger partial charge in [0.25, 0.3) is 0 Å². The summed E-state index contributed by atoms with van der Waals surface area (Å²) in [6, 6.07) is 11.6. The molecular formula is C31H32ClFN6O4S. The van der Waals surface area contributed by atoms with Gasteiger partial charge < -0.3 is 25.4 Å². The molecule has 3 heterocycles. The van der Waals surface area contributed by atoms with Crippen LogP contribution in [0.15, 0.2) is 55.0 Å². The molecule has 5 aromatic rings. The first kappa shape index (κ1) is 30.4. The Bertz CT molecular complexity index is 1760. The average molecular weight is 639 g/mol. The minimum atomic E-state index is -0.701. The van der Waals surface area contributed by atoms with Crippen LogP contribution in [0, 0.1) is 5.82 Å². The van der Waals surface area contributed by atoms with E-state index in [2.05, 4.69) is 20.4 Å². The summed E-state index contributed by atoms with van der Waals surface area (Å²) in [6.45, 7) is 1.54. The molecule has 4 N–H and O–H groups in total. The van der Waals surface area contributed by atoms with Crippen molar-refractivity contribution in [3.8, 4) is 16.2 Å². The van der Waals surface area contributed by atoms with Crippen molar-refractivity contribution in [3.63, 3.8) is 0 Å². The Balaban J connectivity index is 1.19. The van der Waals surface area contributed by atoms with Gasteiger partial charge in [-0.15, -0.1) is 11.3 Å². The molecule has 0 saturated carbocycles. The molecule has 2 aromatic carbocycles. The molecular weight excluding hydrogens is 607 g/mol. The average Bonchev–Trinajstić information content (AvgIpc) is 3.59. The zero-order valence-corrected chi connectivity index (χ0v) is 25.4. The zero-order chi connectivity index (χ0) is 30.6. The molecule has 230 valence electrons. The Hall–Kier alpha value is -3.65. The van der Waals surface area contributed by atoms with E-state index in [4.69, 9.17) is 16.3 Å². The number of thiophene rings is 1. The van der Waals surface area contributed by atoms with Gasteiger partial charge in [0, 0.05) is 41.5 Å². The van der Waals surface area contributed by atoms with Crippen LogP contribution in [0.3, 0.4) is 0 Å². The highest BCUT2D eigenvalue weighted by Gasteiger charge is 2.27. The van der Waals surface area contributed by atoms with Gasteiger partial charge in [0.1, 0.15) is 35.1 Å². The van der Waals surface area contributed by atoms with E-state index in [0.29, 0.717) is 48.3 Å². The van der Waals surface area contributed by atoms with Crippen LogP contribution in [0.1, 0.15) is 16.8 Å². The number of hydrogen-bond donors (Lipinski definition) is 4. The maximum absolute atomic E-state index is 13.5. The summed E-state index contributed by atoms with van der Waals surface area (Å²) in [5.74, 6) is 0.853. The Morgan fingerprint density at radius 1 is 1.11 bits per heavy atom. The fourth-order valence-electron chi connectivity index (χ4n) is 5.56. The van der Waals surface area contributed by atoms with Crippen molar-refractivity contribution < 1.29 is 24.4 Å². The van der Waals surface area contributed by atoms with E-state index >= 15 is 0 Å². The first-order valence-electron chi connectivity index (χ1n) is 14.3. The number of anilines is 2. The van der Waals surface area contributed by atoms with Crippen molar-refractivity contribution >= 4 is 44.7 Å². The summed E-state index contributed by atoms with van der Waals surface area (Å²) in [4.78, 5) is 12.9. The number of aryl methyl sites for hydroxylation is 1. The highest BCUT2D eigenvalue weighted by atomic mass is 35.5. The molecule has 0 amide bonds. The van der Waals surface area contributed by atoms with Gasteiger partial charge in [-0.3, -0.25) is 9.58 Å². The third-order valence-corrected chi connectivity index (χ3v) is 9.02. The van der Waals surface area contributed by atoms with Gasteiger partial charge >= 0.3 is 0 Å². The standard InChI is InChI=1S/C31H32ClFN6O4S/c32-25-13-21(4-7-27(25)43-17-19-2-1-3-20(33)12-19)37-30-28-23-5-6-26-24(29(23)44-31(28)35-18-34-30)14-36-39(26)16-22(42)15-38(8-10-40)9-11-41/h1-4,7,12-14,18,22,40-42H,5-6,8-11,15-17H2,(H,34,35,37)/t22-/m1/s1. The summed E-state index contributed by atoms with van der Waals surface area (Å²) in [7, 11) is 0. The van der Waals surface area contributed by atoms with E-state index in [1.165, 1.54) is 18.5 Å². The molecule has 0 saturated heterocycles. The quantitative estimate of drug-likeness (QED) is 0.148. The summed E-state index contributed by atoms with van der Waals surface area (Å²) in [5.41, 5.74) is 4.68. The van der Waals surface area contributed by atoms with Crippen molar-refractivity contribution in [2.45, 2.75) is 32.1 Å². The first-order chi connectivity index (χ1) is 21.4. The van der Waals surface area contributed by atoms with E-state index in [0.717, 1.165) is 50.4 Å². The van der Waals surface area contributed by atoms with Gasteiger partial charge in [-0.05, 0) is 54.3 Å². The van der Waals surface area contributed by atoms with E-state index in [1.807, 2.05) is 21.8 Å². The van der Waals surface area contributed by atoms with Crippen LogP contribution in [0.5, 0.6) is 5.75 Å². The number of hydrogen-bond acceptors (Lipinski definition) is 10. The second-order valence-electron chi connectivity index (χ2n) is 10.6. The minimum Gasteiger partial charge on any atom is -0.487 e. The lowest BCUT2D eigenvalue weighted by Crippen LogP contribution is -2.38. The number of aromatic nitrogens is 4. The van der Waals surface area contributed by atoms with Crippen LogP contribution >= 0.6 is 22.9 Å². The molecule has 1 aliphatic carbocycles. The number of halogens is 2. The summed E-state index contributed by atoms with van der Waals surface area (Å²) in [5, 5.41) is 38.7. The van der Waals surface area contributed by atoms with Gasteiger partial charge in [0.2, 0.25) is 0 Å². The van der Waals surface area contributed by atoms with E-state index in [-0.39, 0.29) is 25.6 Å². The van der Waals surface area contributed by atoms with Crippen molar-refractivity contribution in [2.24, 2.45) is 0 Å². The molecule has 1 atom stereocenters. The number of nitrogens with zero attached hydrogens (tertiary/aromatic N) is 5. The largest absolute Gasteiger partial charge is 0.487 e. The predicted molar refractivity (Wildman–Crippen MR) is 168 cm³/mol. The zero-order valence-electron chi connectivity index (χ0n) is 23.8. The lowest BCUT2D eigenvalue weighted by molar-refractivity contribution is 0.0746. The van der Waals surface area contributed by atoms with Crippen LogP contribution in [0.2, 0.25) is 5.02 Å². The maximum Gasteiger partial charge on any atom is 0.142 e. The fourth-order valence-corrected chi connectivity index (χ4v) is 7.02. The molecule has 1 aliphatic rings. The Morgan fingerprint density at radius 3 is 2.73 bits per heavy atom. The molecule has 10 nitrogen and oxygen atoms in total. The molecule has 3 aromatic heterocycles. The molecule has 0 fully saturated rings. The summed E-state index contributed by atoms with van der Waals surface area (Å²) >= 11 is 8.13. The smallest absolute Gasteiger partial charge is 0.142 e. The molecule has 6 rings (SSSR count). The Labute approximate surface area is 262 Å². The van der Waals surface area contributed by atoms with Crippen molar-refractivity contribution in [1.29, 1.82) is 0 Å². The number of rotatable bonds is 13. The maximum atomic E-state index is 13.5. The molecule has 13 heteroatoms. The summed E-state index contributed by atoms with van der Waals surface area (Å²) in [6.07, 6.45) is 4.19. The molecule has 0 unspecified atom stereocenters. The Kier molecular flexibility index (Phi) is 9.36. The van der Waals surface area contributed by atoms with Gasteiger partial charge in [-0.25, -0.2) is 14.4 Å². The summed E-state index contributed by atoms with van der Waals surface area (Å²) < 4.78 is 21.2. The van der Waals surface area contributed by atoms with Crippen molar-refractivity contribution in [1.82, 2.24) is 24.6 Å². The lowest BCUT2D eigenvalue weighted by Gasteiger charge is -2.24. The molecule has 44 heavy (non-hydrogen) atoms. The number of ether oxygens (including phenoxy) is 1. The number of fused-ring (bicyclic) bond motifs is 5. The van der Waals surface area contributed by atoms with E-state index in [9.17, 15) is 19.7 Å². The van der Waals surface area contributed by atoms with Crippen molar-refractivity contribution in [3.05, 3.63) is 82.6 Å². The van der Waals surface area contributed by atoms with E-state index < -0.39 is 6.10 Å². The van der Waals surface area contributed by atoms with Gasteiger partial charge in [0.05, 0.1) is 42.5 Å². The second-order valence-corrected chi connectivity index (χ2v) is 12.0. The number of benzene rings is 2. The Morgan fingerprint density at radius 2 is 1.95 bits per heavy atom. The predicted octanol–water partition coefficient (Wildman–Crippen LogP) is 4.42. The normalized spacial score (nSPS) is 13.2. The fraction of sp³-hybridized carbons (Fsp3) is 0.323. The number of aliphatic hydroxyl groups is 3. The third-order valence-electron chi connectivity index (χ3n) is 7.56. The van der Waals surface area contributed by atoms with Crippen LogP contribution in [0.4, 0.5) is 15.9 Å².